The summed E-state index contributed by atoms with van der Waals surface area (Å²) in [7, 11) is 0. The summed E-state index contributed by atoms with van der Waals surface area (Å²) < 4.78 is 24.6. The van der Waals surface area contributed by atoms with Gasteiger partial charge in [-0.15, -0.1) is 0 Å². The van der Waals surface area contributed by atoms with Crippen LogP contribution in [0.25, 0.3) is 0 Å². The van der Waals surface area contributed by atoms with Gasteiger partial charge in [0.25, 0.3) is 6.43 Å². The molecule has 0 bridgehead atoms. The Hall–Kier alpha value is -1.00. The van der Waals surface area contributed by atoms with Crippen molar-refractivity contribution in [1.82, 2.24) is 10.2 Å². The molecule has 2 unspecified atom stereocenters. The second kappa shape index (κ2) is 7.14. The smallest absolute Gasteiger partial charge is 0.250 e. The van der Waals surface area contributed by atoms with Gasteiger partial charge in [-0.25, -0.2) is 8.78 Å². The molecular formula is C16H24F2N2. The van der Waals surface area contributed by atoms with Crippen molar-refractivity contribution in [1.29, 1.82) is 0 Å². The maximum absolute atomic E-state index is 12.3. The first-order valence-corrected chi connectivity index (χ1v) is 7.32. The first kappa shape index (κ1) is 15.4. The zero-order chi connectivity index (χ0) is 14.5. The molecule has 112 valence electrons. The number of hydrogen-bond acceptors (Lipinski definition) is 2. The summed E-state index contributed by atoms with van der Waals surface area (Å²) in [5, 5.41) is 2.98. The molecule has 1 saturated heterocycles. The molecule has 1 aliphatic rings. The minimum atomic E-state index is -2.27. The highest BCUT2D eigenvalue weighted by Crippen LogP contribution is 2.19. The summed E-state index contributed by atoms with van der Waals surface area (Å²) in [6, 6.07) is 8.72. The summed E-state index contributed by atoms with van der Waals surface area (Å²) in [6.07, 6.45) is -1.28. The Morgan fingerprint density at radius 1 is 1.25 bits per heavy atom. The van der Waals surface area contributed by atoms with E-state index in [1.807, 2.05) is 0 Å². The Labute approximate surface area is 120 Å². The number of benzene rings is 1. The minimum absolute atomic E-state index is 0.179. The fourth-order valence-corrected chi connectivity index (χ4v) is 2.95. The number of nitrogens with zero attached hydrogens (tertiary/aromatic N) is 1. The average molecular weight is 282 g/mol. The standard InChI is InChI=1S/C16H24F2N2/c1-12-3-5-14(6-4-12)10-20-9-13(2)7-15(11-20)19-8-16(17)18/h3-6,13,15-16,19H,7-11H2,1-2H3. The lowest BCUT2D eigenvalue weighted by Crippen LogP contribution is -2.49. The summed E-state index contributed by atoms with van der Waals surface area (Å²) >= 11 is 0. The van der Waals surface area contributed by atoms with Crippen molar-refractivity contribution >= 4 is 0 Å². The highest BCUT2D eigenvalue weighted by atomic mass is 19.3. The van der Waals surface area contributed by atoms with Gasteiger partial charge in [-0.1, -0.05) is 36.8 Å². The van der Waals surface area contributed by atoms with Crippen LogP contribution >= 0.6 is 0 Å². The molecule has 2 rings (SSSR count). The van der Waals surface area contributed by atoms with Gasteiger partial charge in [-0.3, -0.25) is 4.90 Å². The van der Waals surface area contributed by atoms with Gasteiger partial charge in [-0.05, 0) is 24.8 Å². The van der Waals surface area contributed by atoms with Crippen molar-refractivity contribution in [2.45, 2.75) is 39.3 Å². The van der Waals surface area contributed by atoms with Crippen LogP contribution in [0.4, 0.5) is 8.78 Å². The molecule has 1 aliphatic heterocycles. The predicted octanol–water partition coefficient (Wildman–Crippen LogP) is 3.06. The third-order valence-corrected chi connectivity index (χ3v) is 3.82. The fourth-order valence-electron chi connectivity index (χ4n) is 2.95. The molecule has 0 aromatic heterocycles. The average Bonchev–Trinajstić information content (AvgIpc) is 2.38. The van der Waals surface area contributed by atoms with Crippen LogP contribution in [0, 0.1) is 12.8 Å². The lowest BCUT2D eigenvalue weighted by Gasteiger charge is -2.37. The number of rotatable bonds is 5. The molecule has 0 saturated carbocycles. The zero-order valence-electron chi connectivity index (χ0n) is 12.3. The van der Waals surface area contributed by atoms with Gasteiger partial charge in [0.1, 0.15) is 0 Å². The van der Waals surface area contributed by atoms with Crippen LogP contribution in [0.5, 0.6) is 0 Å². The third kappa shape index (κ3) is 4.84. The third-order valence-electron chi connectivity index (χ3n) is 3.82. The van der Waals surface area contributed by atoms with Gasteiger partial charge < -0.3 is 5.32 Å². The van der Waals surface area contributed by atoms with E-state index in [9.17, 15) is 8.78 Å². The van der Waals surface area contributed by atoms with Crippen molar-refractivity contribution in [2.75, 3.05) is 19.6 Å². The number of nitrogens with one attached hydrogen (secondary N) is 1. The molecular weight excluding hydrogens is 258 g/mol. The van der Waals surface area contributed by atoms with Crippen LogP contribution in [0.2, 0.25) is 0 Å². The Kier molecular flexibility index (Phi) is 5.49. The first-order valence-electron chi connectivity index (χ1n) is 7.32. The quantitative estimate of drug-likeness (QED) is 0.893. The van der Waals surface area contributed by atoms with Gasteiger partial charge in [0, 0.05) is 25.7 Å². The monoisotopic (exact) mass is 282 g/mol. The molecule has 0 aliphatic carbocycles. The molecule has 0 radical (unpaired) electrons. The number of hydrogen-bond donors (Lipinski definition) is 1. The van der Waals surface area contributed by atoms with Gasteiger partial charge in [0.2, 0.25) is 0 Å². The molecule has 2 nitrogen and oxygen atoms in total. The molecule has 1 heterocycles. The molecule has 20 heavy (non-hydrogen) atoms. The molecule has 1 fully saturated rings. The van der Waals surface area contributed by atoms with E-state index in [0.29, 0.717) is 5.92 Å². The molecule has 1 aromatic rings. The zero-order valence-corrected chi connectivity index (χ0v) is 12.3. The number of piperidine rings is 1. The molecule has 4 heteroatoms. The van der Waals surface area contributed by atoms with E-state index in [2.05, 4.69) is 48.3 Å². The van der Waals surface area contributed by atoms with Crippen LogP contribution in [-0.4, -0.2) is 37.0 Å². The van der Waals surface area contributed by atoms with E-state index in [4.69, 9.17) is 0 Å². The van der Waals surface area contributed by atoms with Crippen LogP contribution in [0.3, 0.4) is 0 Å². The fraction of sp³-hybridized carbons (Fsp3) is 0.625. The molecule has 0 spiro atoms. The van der Waals surface area contributed by atoms with Crippen molar-refractivity contribution in [2.24, 2.45) is 5.92 Å². The van der Waals surface area contributed by atoms with Crippen LogP contribution in [-0.2, 0) is 6.54 Å². The summed E-state index contributed by atoms with van der Waals surface area (Å²) in [4.78, 5) is 2.36. The minimum Gasteiger partial charge on any atom is -0.307 e. The number of alkyl halides is 2. The van der Waals surface area contributed by atoms with Crippen molar-refractivity contribution in [3.8, 4) is 0 Å². The van der Waals surface area contributed by atoms with Crippen molar-refractivity contribution in [3.05, 3.63) is 35.4 Å². The molecule has 1 aromatic carbocycles. The highest BCUT2D eigenvalue weighted by molar-refractivity contribution is 5.21. The largest absolute Gasteiger partial charge is 0.307 e. The summed E-state index contributed by atoms with van der Waals surface area (Å²) in [5.74, 6) is 0.546. The lowest BCUT2D eigenvalue weighted by molar-refractivity contribution is 0.109. The number of likely N-dealkylation sites (tertiary alicyclic amines) is 1. The van der Waals surface area contributed by atoms with E-state index in [1.54, 1.807) is 0 Å². The number of halogens is 2. The van der Waals surface area contributed by atoms with E-state index in [0.717, 1.165) is 26.1 Å². The summed E-state index contributed by atoms with van der Waals surface area (Å²) in [5.41, 5.74) is 2.55. The molecule has 2 atom stereocenters. The van der Waals surface area contributed by atoms with Crippen LogP contribution < -0.4 is 5.32 Å². The normalized spacial score (nSPS) is 24.2. The summed E-state index contributed by atoms with van der Waals surface area (Å²) in [6.45, 7) is 6.87. The van der Waals surface area contributed by atoms with Gasteiger partial charge in [0.05, 0.1) is 6.54 Å². The Bertz CT molecular complexity index is 405. The van der Waals surface area contributed by atoms with Gasteiger partial charge in [-0.2, -0.15) is 0 Å². The molecule has 1 N–H and O–H groups in total. The molecule has 0 amide bonds. The van der Waals surface area contributed by atoms with E-state index >= 15 is 0 Å². The van der Waals surface area contributed by atoms with E-state index in [1.165, 1.54) is 11.1 Å². The predicted molar refractivity (Wildman–Crippen MR) is 78.0 cm³/mol. The first-order chi connectivity index (χ1) is 9.52. The second-order valence-corrected chi connectivity index (χ2v) is 6.02. The van der Waals surface area contributed by atoms with Gasteiger partial charge in [0.15, 0.2) is 0 Å². The Morgan fingerprint density at radius 2 is 1.95 bits per heavy atom. The van der Waals surface area contributed by atoms with Crippen molar-refractivity contribution in [3.63, 3.8) is 0 Å². The SMILES string of the molecule is Cc1ccc(CN2CC(C)CC(NCC(F)F)C2)cc1. The van der Waals surface area contributed by atoms with Crippen LogP contribution in [0.1, 0.15) is 24.5 Å². The van der Waals surface area contributed by atoms with Gasteiger partial charge >= 0.3 is 0 Å². The second-order valence-electron chi connectivity index (χ2n) is 6.02. The maximum atomic E-state index is 12.3. The topological polar surface area (TPSA) is 15.3 Å². The Morgan fingerprint density at radius 3 is 2.60 bits per heavy atom. The van der Waals surface area contributed by atoms with E-state index < -0.39 is 6.43 Å². The van der Waals surface area contributed by atoms with E-state index in [-0.39, 0.29) is 12.6 Å². The maximum Gasteiger partial charge on any atom is 0.250 e. The van der Waals surface area contributed by atoms with Crippen LogP contribution in [0.15, 0.2) is 24.3 Å². The Balaban J connectivity index is 1.88. The highest BCUT2D eigenvalue weighted by Gasteiger charge is 2.24. The van der Waals surface area contributed by atoms with Crippen molar-refractivity contribution < 1.29 is 8.78 Å². The number of aryl methyl sites for hydroxylation is 1. The lowest BCUT2D eigenvalue weighted by atomic mass is 9.95.